The number of esters is 2. The Balaban J connectivity index is -0.000000180. The third-order valence-corrected chi connectivity index (χ3v) is 0.287. The maximum Gasteiger partial charge on any atom is 0.316 e. The molecule has 0 aromatic heterocycles. The second-order valence-electron chi connectivity index (χ2n) is 1.09. The second kappa shape index (κ2) is 8.53. The molecule has 0 spiro atoms. The summed E-state index contributed by atoms with van der Waals surface area (Å²) in [5, 5.41) is 0. The zero-order valence-corrected chi connectivity index (χ0v) is 7.90. The molecule has 5 heteroatoms. The molecule has 0 bridgehead atoms. The van der Waals surface area contributed by atoms with E-state index in [2.05, 4.69) is 4.74 Å². The van der Waals surface area contributed by atoms with Gasteiger partial charge in [0.1, 0.15) is 0 Å². The van der Waals surface area contributed by atoms with Crippen LogP contribution < -0.4 is 0 Å². The Morgan fingerprint density at radius 3 is 1.33 bits per heavy atom. The van der Waals surface area contributed by atoms with Crippen molar-refractivity contribution in [1.82, 2.24) is 0 Å². The third-order valence-electron chi connectivity index (χ3n) is 0.287. The SMILES string of the molecule is CC(=O)OC(C)=O.[MgH2].[Zn]. The van der Waals surface area contributed by atoms with E-state index >= 15 is 0 Å². The normalized spacial score (nSPS) is 6.00. The third kappa shape index (κ3) is 17.7. The quantitative estimate of drug-likeness (QED) is 0.287. The minimum Gasteiger partial charge on any atom is -0.394 e. The van der Waals surface area contributed by atoms with Gasteiger partial charge in [0.05, 0.1) is 0 Å². The monoisotopic (exact) mass is 192 g/mol. The summed E-state index contributed by atoms with van der Waals surface area (Å²) in [6.07, 6.45) is 0. The van der Waals surface area contributed by atoms with E-state index in [9.17, 15) is 9.59 Å². The molecule has 0 aliphatic heterocycles. The molecule has 0 saturated carbocycles. The molecule has 0 aromatic carbocycles. The first-order valence-corrected chi connectivity index (χ1v) is 1.82. The van der Waals surface area contributed by atoms with Gasteiger partial charge in [0, 0.05) is 33.3 Å². The second-order valence-corrected chi connectivity index (χ2v) is 1.09. The molecule has 0 rings (SSSR count). The zero-order valence-electron chi connectivity index (χ0n) is 4.93. The summed E-state index contributed by atoms with van der Waals surface area (Å²) in [4.78, 5) is 19.6. The summed E-state index contributed by atoms with van der Waals surface area (Å²) in [7, 11) is 0. The van der Waals surface area contributed by atoms with Crippen LogP contribution >= 0.6 is 0 Å². The molecule has 0 aliphatic carbocycles. The van der Waals surface area contributed by atoms with Gasteiger partial charge in [0.15, 0.2) is 0 Å². The average molecular weight is 194 g/mol. The average Bonchev–Trinajstić information content (AvgIpc) is 1.27. The molecule has 3 nitrogen and oxygen atoms in total. The van der Waals surface area contributed by atoms with Gasteiger partial charge in [0.25, 0.3) is 0 Å². The standard InChI is InChI=1S/C4H6O3.Mg.Zn.2H/c1-3(5)7-4(2)6;;;;/h1-2H3;;;;. The van der Waals surface area contributed by atoms with Crippen molar-refractivity contribution in [2.45, 2.75) is 13.8 Å². The smallest absolute Gasteiger partial charge is 0.316 e. The van der Waals surface area contributed by atoms with Crippen molar-refractivity contribution in [2.24, 2.45) is 0 Å². The van der Waals surface area contributed by atoms with Crippen LogP contribution in [-0.2, 0) is 33.8 Å². The van der Waals surface area contributed by atoms with E-state index in [1.54, 1.807) is 0 Å². The molecular formula is C4H8MgO3Zn. The maximum atomic E-state index is 9.81. The predicted octanol–water partition coefficient (Wildman–Crippen LogP) is -0.823. The molecule has 0 aliphatic rings. The fraction of sp³-hybridized carbons (Fsp3) is 0.500. The Labute approximate surface area is 82.4 Å². The van der Waals surface area contributed by atoms with Crippen LogP contribution in [-0.4, -0.2) is 35.0 Å². The minimum absolute atomic E-state index is 0. The minimum atomic E-state index is -0.562. The summed E-state index contributed by atoms with van der Waals surface area (Å²) in [6.45, 7) is 2.36. The maximum absolute atomic E-state index is 9.81. The predicted molar refractivity (Wildman–Crippen MR) is 31.0 cm³/mol. The van der Waals surface area contributed by atoms with E-state index in [0.717, 1.165) is 0 Å². The molecule has 0 heterocycles. The van der Waals surface area contributed by atoms with Gasteiger partial charge < -0.3 is 4.74 Å². The fourth-order valence-corrected chi connectivity index (χ4v) is 0.202. The van der Waals surface area contributed by atoms with E-state index in [-0.39, 0.29) is 42.5 Å². The molecule has 0 saturated heterocycles. The summed E-state index contributed by atoms with van der Waals surface area (Å²) in [6, 6.07) is 0. The van der Waals surface area contributed by atoms with Crippen LogP contribution in [0, 0.1) is 0 Å². The van der Waals surface area contributed by atoms with Crippen LogP contribution in [0.15, 0.2) is 0 Å². The Kier molecular flexibility index (Phi) is 15.4. The molecular weight excluding hydrogens is 186 g/mol. The first-order chi connectivity index (χ1) is 3.13. The molecule has 46 valence electrons. The van der Waals surface area contributed by atoms with Gasteiger partial charge in [-0.3, -0.25) is 9.59 Å². The number of hydrogen-bond acceptors (Lipinski definition) is 3. The summed E-state index contributed by atoms with van der Waals surface area (Å²) < 4.78 is 3.97. The Hall–Kier alpha value is 0.530. The van der Waals surface area contributed by atoms with Gasteiger partial charge in [0.2, 0.25) is 0 Å². The molecule has 0 aromatic rings. The van der Waals surface area contributed by atoms with Crippen LogP contribution in [0.1, 0.15) is 13.8 Å². The van der Waals surface area contributed by atoms with Crippen molar-refractivity contribution in [1.29, 1.82) is 0 Å². The van der Waals surface area contributed by atoms with Crippen LogP contribution in [0.4, 0.5) is 0 Å². The van der Waals surface area contributed by atoms with Crippen molar-refractivity contribution in [3.63, 3.8) is 0 Å². The van der Waals surface area contributed by atoms with E-state index in [1.165, 1.54) is 13.8 Å². The first-order valence-electron chi connectivity index (χ1n) is 1.82. The van der Waals surface area contributed by atoms with Gasteiger partial charge in [-0.05, 0) is 0 Å². The van der Waals surface area contributed by atoms with Gasteiger partial charge in [-0.2, -0.15) is 0 Å². The number of rotatable bonds is 0. The van der Waals surface area contributed by atoms with Crippen molar-refractivity contribution in [3.05, 3.63) is 0 Å². The van der Waals surface area contributed by atoms with Crippen LogP contribution in [0.3, 0.4) is 0 Å². The summed E-state index contributed by atoms with van der Waals surface area (Å²) >= 11 is 0. The fourth-order valence-electron chi connectivity index (χ4n) is 0.202. The van der Waals surface area contributed by atoms with E-state index in [4.69, 9.17) is 0 Å². The number of ether oxygens (including phenoxy) is 1. The van der Waals surface area contributed by atoms with E-state index < -0.39 is 11.9 Å². The number of carbonyl (C=O) groups is 2. The van der Waals surface area contributed by atoms with Crippen molar-refractivity contribution >= 4 is 35.0 Å². The number of hydrogen-bond donors (Lipinski definition) is 0. The van der Waals surface area contributed by atoms with E-state index in [0.29, 0.717) is 0 Å². The largest absolute Gasteiger partial charge is 0.394 e. The zero-order chi connectivity index (χ0) is 5.86. The van der Waals surface area contributed by atoms with Crippen molar-refractivity contribution in [2.75, 3.05) is 0 Å². The Bertz CT molecular complexity index is 92.0. The summed E-state index contributed by atoms with van der Waals surface area (Å²) in [5.74, 6) is -1.12. The first kappa shape index (κ1) is 16.3. The summed E-state index contributed by atoms with van der Waals surface area (Å²) in [5.41, 5.74) is 0. The Morgan fingerprint density at radius 1 is 1.11 bits per heavy atom. The van der Waals surface area contributed by atoms with Crippen LogP contribution in [0.2, 0.25) is 0 Å². The van der Waals surface area contributed by atoms with Crippen molar-refractivity contribution < 1.29 is 33.8 Å². The molecule has 0 amide bonds. The molecule has 0 radical (unpaired) electrons. The van der Waals surface area contributed by atoms with Crippen molar-refractivity contribution in [3.8, 4) is 0 Å². The molecule has 0 atom stereocenters. The van der Waals surface area contributed by atoms with Gasteiger partial charge in [-0.15, -0.1) is 0 Å². The van der Waals surface area contributed by atoms with Gasteiger partial charge >= 0.3 is 35.0 Å². The topological polar surface area (TPSA) is 43.4 Å². The molecule has 0 N–H and O–H groups in total. The van der Waals surface area contributed by atoms with Gasteiger partial charge in [-0.1, -0.05) is 0 Å². The van der Waals surface area contributed by atoms with Crippen LogP contribution in [0.5, 0.6) is 0 Å². The van der Waals surface area contributed by atoms with Crippen LogP contribution in [0.25, 0.3) is 0 Å². The molecule has 0 unspecified atom stereocenters. The Morgan fingerprint density at radius 2 is 1.33 bits per heavy atom. The molecule has 9 heavy (non-hydrogen) atoms. The van der Waals surface area contributed by atoms with Gasteiger partial charge in [-0.25, -0.2) is 0 Å². The molecule has 0 fully saturated rings. The number of carbonyl (C=O) groups excluding carboxylic acids is 2. The van der Waals surface area contributed by atoms with E-state index in [1.807, 2.05) is 0 Å².